The molecule has 0 N–H and O–H groups in total. The molecule has 0 bridgehead atoms. The molecule has 0 saturated carbocycles. The Morgan fingerprint density at radius 2 is 2.00 bits per heavy atom. The smallest absolute Gasteiger partial charge is 0.129 e. The maximum atomic E-state index is 13.5. The van der Waals surface area contributed by atoms with E-state index in [0.717, 1.165) is 6.07 Å². The molecule has 1 rings (SSSR count). The fraction of sp³-hybridized carbons (Fsp3) is 0.417. The van der Waals surface area contributed by atoms with Gasteiger partial charge in [-0.05, 0) is 19.1 Å². The molecule has 0 fully saturated rings. The third kappa shape index (κ3) is 4.24. The van der Waals surface area contributed by atoms with Crippen molar-refractivity contribution in [2.24, 2.45) is 0 Å². The van der Waals surface area contributed by atoms with Gasteiger partial charge in [0.25, 0.3) is 0 Å². The average molecular weight is 229 g/mol. The van der Waals surface area contributed by atoms with Gasteiger partial charge in [-0.2, -0.15) is 5.26 Å². The lowest BCUT2D eigenvalue weighted by Crippen LogP contribution is -2.31. The van der Waals surface area contributed by atoms with Crippen LogP contribution in [0.15, 0.2) is 18.2 Å². The van der Waals surface area contributed by atoms with E-state index in [-0.39, 0.29) is 17.7 Å². The Balaban J connectivity index is 0.00000121. The van der Waals surface area contributed by atoms with Crippen LogP contribution in [0.25, 0.3) is 0 Å². The van der Waals surface area contributed by atoms with E-state index in [0.29, 0.717) is 0 Å². The van der Waals surface area contributed by atoms with E-state index in [1.165, 1.54) is 12.1 Å². The number of nitrogens with zero attached hydrogens (tertiary/aromatic N) is 1. The summed E-state index contributed by atoms with van der Waals surface area (Å²) in [6, 6.07) is 5.68. The van der Waals surface area contributed by atoms with E-state index in [9.17, 15) is 4.39 Å². The van der Waals surface area contributed by atoms with Crippen molar-refractivity contribution in [2.75, 3.05) is 6.61 Å². The molecule has 0 aliphatic heterocycles. The van der Waals surface area contributed by atoms with Gasteiger partial charge >= 0.3 is 0 Å². The van der Waals surface area contributed by atoms with Crippen LogP contribution in [0.5, 0.6) is 0 Å². The number of nitriles is 1. The summed E-state index contributed by atoms with van der Waals surface area (Å²) in [5.74, 6) is -0.646. The highest BCUT2D eigenvalue weighted by Gasteiger charge is 2.23. The second-order valence-electron chi connectivity index (χ2n) is 3.03. The Morgan fingerprint density at radius 1 is 1.41 bits per heavy atom. The van der Waals surface area contributed by atoms with Gasteiger partial charge in [-0.3, -0.25) is 0 Å². The molecule has 0 aliphatic rings. The average Bonchev–Trinajstić information content (AvgIpc) is 2.31. The van der Waals surface area contributed by atoms with E-state index >= 15 is 0 Å². The summed E-state index contributed by atoms with van der Waals surface area (Å²) in [6.45, 7) is 5.97. The largest absolute Gasteiger partial charge is 0.390 e. The topological polar surface area (TPSA) is 33.0 Å². The zero-order chi connectivity index (χ0) is 13.5. The molecule has 5 heteroatoms. The van der Waals surface area contributed by atoms with Crippen molar-refractivity contribution >= 4 is 15.7 Å². The molecule has 86 valence electrons. The standard InChI is InChI=1S/C10H8B2FNO.C2H6/c1-2-15-10(11,12)8-4-3-7(6-14)5-9(8)13;1-2/h3-5H,2H2,1H3;1-2H3. The van der Waals surface area contributed by atoms with Gasteiger partial charge in [-0.25, -0.2) is 4.39 Å². The van der Waals surface area contributed by atoms with Crippen LogP contribution >= 0.6 is 0 Å². The molecule has 0 atom stereocenters. The lowest BCUT2D eigenvalue weighted by molar-refractivity contribution is 0.0843. The molecule has 1 aromatic rings. The van der Waals surface area contributed by atoms with Crippen LogP contribution in [0, 0.1) is 17.1 Å². The molecular weight excluding hydrogens is 215 g/mol. The number of hydrogen-bond acceptors (Lipinski definition) is 2. The van der Waals surface area contributed by atoms with Crippen molar-refractivity contribution in [3.63, 3.8) is 0 Å². The van der Waals surface area contributed by atoms with Crippen LogP contribution in [0.3, 0.4) is 0 Å². The third-order valence-corrected chi connectivity index (χ3v) is 1.90. The Labute approximate surface area is 105 Å². The first-order chi connectivity index (χ1) is 8.01. The van der Waals surface area contributed by atoms with E-state index in [4.69, 9.17) is 25.7 Å². The summed E-state index contributed by atoms with van der Waals surface area (Å²) in [7, 11) is 11.1. The van der Waals surface area contributed by atoms with Gasteiger partial charge in [0.15, 0.2) is 0 Å². The normalized spacial score (nSPS) is 10.1. The van der Waals surface area contributed by atoms with Gasteiger partial charge in [0.1, 0.15) is 21.5 Å². The van der Waals surface area contributed by atoms with E-state index < -0.39 is 11.2 Å². The van der Waals surface area contributed by atoms with Gasteiger partial charge in [0.05, 0.1) is 11.6 Å². The summed E-state index contributed by atoms with van der Waals surface area (Å²) >= 11 is 0. The zero-order valence-corrected chi connectivity index (χ0v) is 10.3. The van der Waals surface area contributed by atoms with E-state index in [2.05, 4.69) is 0 Å². The number of ether oxygens (including phenoxy) is 1. The van der Waals surface area contributed by atoms with Crippen molar-refractivity contribution in [1.29, 1.82) is 5.26 Å². The maximum absolute atomic E-state index is 13.5. The zero-order valence-electron chi connectivity index (χ0n) is 10.3. The molecule has 2 nitrogen and oxygen atoms in total. The molecule has 0 aliphatic carbocycles. The molecule has 0 amide bonds. The Bertz CT molecular complexity index is 402. The molecule has 0 saturated heterocycles. The summed E-state index contributed by atoms with van der Waals surface area (Å²) in [5, 5.41) is 6.89. The molecule has 0 unspecified atom stereocenters. The Morgan fingerprint density at radius 3 is 2.41 bits per heavy atom. The molecule has 4 radical (unpaired) electrons. The van der Waals surface area contributed by atoms with Crippen LogP contribution < -0.4 is 0 Å². The van der Waals surface area contributed by atoms with Crippen molar-refractivity contribution in [3.05, 3.63) is 35.1 Å². The summed E-state index contributed by atoms with van der Waals surface area (Å²) in [4.78, 5) is 0. The number of benzene rings is 1. The van der Waals surface area contributed by atoms with Gasteiger partial charge in [0, 0.05) is 17.6 Å². The fourth-order valence-corrected chi connectivity index (χ4v) is 1.22. The Hall–Kier alpha value is -1.27. The number of hydrogen-bond donors (Lipinski definition) is 0. The Kier molecular flexibility index (Phi) is 6.60. The van der Waals surface area contributed by atoms with Crippen LogP contribution in [0.4, 0.5) is 4.39 Å². The van der Waals surface area contributed by atoms with E-state index in [1.54, 1.807) is 6.92 Å². The highest BCUT2D eigenvalue weighted by atomic mass is 19.1. The lowest BCUT2D eigenvalue weighted by atomic mass is 9.61. The van der Waals surface area contributed by atoms with Crippen LogP contribution in [0.1, 0.15) is 31.9 Å². The number of rotatable bonds is 3. The fourth-order valence-electron chi connectivity index (χ4n) is 1.22. The predicted molar refractivity (Wildman–Crippen MR) is 67.3 cm³/mol. The second kappa shape index (κ2) is 7.13. The number of halogens is 1. The first-order valence-electron chi connectivity index (χ1n) is 5.43. The molecular formula is C12H14B2FNO. The lowest BCUT2D eigenvalue weighted by Gasteiger charge is -2.27. The van der Waals surface area contributed by atoms with Gasteiger partial charge < -0.3 is 4.74 Å². The van der Waals surface area contributed by atoms with Gasteiger partial charge in [-0.1, -0.05) is 19.9 Å². The first-order valence-corrected chi connectivity index (χ1v) is 5.43. The van der Waals surface area contributed by atoms with Crippen molar-refractivity contribution in [1.82, 2.24) is 0 Å². The van der Waals surface area contributed by atoms with Gasteiger partial charge in [0.2, 0.25) is 0 Å². The van der Waals surface area contributed by atoms with Crippen molar-refractivity contribution < 1.29 is 9.13 Å². The summed E-state index contributed by atoms with van der Waals surface area (Å²) in [5.41, 5.74) is 0.242. The molecule has 0 spiro atoms. The van der Waals surface area contributed by atoms with Crippen LogP contribution in [-0.4, -0.2) is 22.3 Å². The first kappa shape index (κ1) is 15.7. The molecule has 0 heterocycles. The minimum Gasteiger partial charge on any atom is -0.390 e. The quantitative estimate of drug-likeness (QED) is 0.744. The van der Waals surface area contributed by atoms with Crippen LogP contribution in [0.2, 0.25) is 0 Å². The highest BCUT2D eigenvalue weighted by molar-refractivity contribution is 6.38. The summed E-state index contributed by atoms with van der Waals surface area (Å²) in [6.07, 6.45) is 0. The minimum atomic E-state index is -1.66. The SMILES string of the molecule is CC.[B]C([B])(OCC)c1ccc(C#N)cc1F. The molecule has 0 aromatic heterocycles. The van der Waals surface area contributed by atoms with Crippen molar-refractivity contribution in [2.45, 2.75) is 26.2 Å². The second-order valence-corrected chi connectivity index (χ2v) is 3.03. The molecule has 17 heavy (non-hydrogen) atoms. The maximum Gasteiger partial charge on any atom is 0.129 e. The minimum absolute atomic E-state index is 0.0309. The van der Waals surface area contributed by atoms with Gasteiger partial charge in [-0.15, -0.1) is 0 Å². The van der Waals surface area contributed by atoms with Crippen LogP contribution in [-0.2, 0) is 10.1 Å². The predicted octanol–water partition coefficient (Wildman–Crippen LogP) is 2.21. The summed E-state index contributed by atoms with van der Waals surface area (Å²) < 4.78 is 18.5. The third-order valence-electron chi connectivity index (χ3n) is 1.90. The highest BCUT2D eigenvalue weighted by Crippen LogP contribution is 2.22. The molecule has 1 aromatic carbocycles. The van der Waals surface area contributed by atoms with Crippen molar-refractivity contribution in [3.8, 4) is 6.07 Å². The van der Waals surface area contributed by atoms with E-state index in [1.807, 2.05) is 19.9 Å². The monoisotopic (exact) mass is 229 g/mol.